The van der Waals surface area contributed by atoms with Gasteiger partial charge in [0.05, 0.1) is 18.7 Å². The van der Waals surface area contributed by atoms with Crippen LogP contribution in [-0.4, -0.2) is 29.4 Å². The molecule has 10 heteroatoms. The van der Waals surface area contributed by atoms with Crippen LogP contribution < -0.4 is 17.0 Å². The van der Waals surface area contributed by atoms with Gasteiger partial charge in [-0.15, -0.1) is 0 Å². The summed E-state index contributed by atoms with van der Waals surface area (Å²) in [5.74, 6) is -1.67. The highest BCUT2D eigenvalue weighted by molar-refractivity contribution is 5.92. The Bertz CT molecular complexity index is 909. The number of rotatable bonds is 6. The van der Waals surface area contributed by atoms with Crippen LogP contribution in [0, 0.1) is 0 Å². The number of hydrogen-bond acceptors (Lipinski definition) is 5. The van der Waals surface area contributed by atoms with Crippen molar-refractivity contribution in [3.05, 3.63) is 57.0 Å². The third-order valence-electron chi connectivity index (χ3n) is 4.04. The van der Waals surface area contributed by atoms with Crippen molar-refractivity contribution in [2.45, 2.75) is 25.6 Å². The predicted molar refractivity (Wildman–Crippen MR) is 92.3 cm³/mol. The van der Waals surface area contributed by atoms with E-state index in [-0.39, 0.29) is 35.7 Å². The molecule has 0 aliphatic heterocycles. The molecule has 2 aromatic rings. The van der Waals surface area contributed by atoms with Gasteiger partial charge in [-0.05, 0) is 29.3 Å². The molecule has 7 nitrogen and oxygen atoms in total. The Morgan fingerprint density at radius 1 is 1.30 bits per heavy atom. The van der Waals surface area contributed by atoms with Crippen molar-refractivity contribution in [1.82, 2.24) is 9.78 Å². The lowest BCUT2D eigenvalue weighted by molar-refractivity contribution is -0.137. The Kier molecular flexibility index (Phi) is 5.89. The molecule has 1 heterocycles. The summed E-state index contributed by atoms with van der Waals surface area (Å²) < 4.78 is 45.0. The summed E-state index contributed by atoms with van der Waals surface area (Å²) in [4.78, 5) is 24.0. The largest absolute Gasteiger partial charge is 0.416 e. The minimum absolute atomic E-state index is 0.0892. The molecule has 0 spiro atoms. The van der Waals surface area contributed by atoms with E-state index in [0.29, 0.717) is 0 Å². The molecule has 0 saturated carbocycles. The van der Waals surface area contributed by atoms with E-state index in [2.05, 4.69) is 5.10 Å². The van der Waals surface area contributed by atoms with E-state index in [1.807, 2.05) is 0 Å². The Labute approximate surface area is 152 Å². The highest BCUT2D eigenvalue weighted by atomic mass is 19.4. The molecule has 0 aliphatic rings. The van der Waals surface area contributed by atoms with Gasteiger partial charge in [0.25, 0.3) is 11.5 Å². The minimum atomic E-state index is -4.59. The average Bonchev–Trinajstić information content (AvgIpc) is 2.58. The second kappa shape index (κ2) is 7.78. The zero-order chi connectivity index (χ0) is 20.4. The molecule has 27 heavy (non-hydrogen) atoms. The number of methoxy groups -OCH3 is 1. The van der Waals surface area contributed by atoms with Gasteiger partial charge in [0, 0.05) is 24.8 Å². The van der Waals surface area contributed by atoms with E-state index in [9.17, 15) is 22.8 Å². The number of nitrogen functional groups attached to an aromatic ring is 1. The number of carbonyl (C=O) groups excluding carboxylic acids is 1. The first kappa shape index (κ1) is 20.4. The summed E-state index contributed by atoms with van der Waals surface area (Å²) in [6, 6.07) is 4.22. The highest BCUT2D eigenvalue weighted by Crippen LogP contribution is 2.34. The van der Waals surface area contributed by atoms with Gasteiger partial charge in [0.2, 0.25) is 0 Å². The van der Waals surface area contributed by atoms with Gasteiger partial charge >= 0.3 is 6.18 Å². The number of anilines is 1. The van der Waals surface area contributed by atoms with Crippen LogP contribution in [-0.2, 0) is 17.5 Å². The number of primary amides is 1. The van der Waals surface area contributed by atoms with Gasteiger partial charge in [0.1, 0.15) is 0 Å². The molecule has 1 aromatic heterocycles. The zero-order valence-electron chi connectivity index (χ0n) is 14.7. The first-order valence-corrected chi connectivity index (χ1v) is 7.93. The summed E-state index contributed by atoms with van der Waals surface area (Å²) in [6.45, 7) is 1.82. The summed E-state index contributed by atoms with van der Waals surface area (Å²) in [5, 5.41) is 3.95. The van der Waals surface area contributed by atoms with Crippen molar-refractivity contribution in [3.8, 4) is 0 Å². The highest BCUT2D eigenvalue weighted by Gasteiger charge is 2.32. The van der Waals surface area contributed by atoms with Gasteiger partial charge in [0.15, 0.2) is 5.69 Å². The van der Waals surface area contributed by atoms with Crippen LogP contribution in [0.2, 0.25) is 0 Å². The molecule has 1 aromatic carbocycles. The van der Waals surface area contributed by atoms with Crippen LogP contribution >= 0.6 is 0 Å². The second-order valence-corrected chi connectivity index (χ2v) is 5.97. The maximum Gasteiger partial charge on any atom is 0.416 e. The van der Waals surface area contributed by atoms with E-state index >= 15 is 0 Å². The summed E-state index contributed by atoms with van der Waals surface area (Å²) in [6.07, 6.45) is -4.59. The van der Waals surface area contributed by atoms with Crippen molar-refractivity contribution < 1.29 is 22.7 Å². The second-order valence-electron chi connectivity index (χ2n) is 5.97. The maximum absolute atomic E-state index is 13.0. The lowest BCUT2D eigenvalue weighted by Crippen LogP contribution is -2.30. The normalized spacial score (nSPS) is 12.8. The van der Waals surface area contributed by atoms with E-state index in [4.69, 9.17) is 16.2 Å². The zero-order valence-corrected chi connectivity index (χ0v) is 14.7. The maximum atomic E-state index is 13.0. The van der Waals surface area contributed by atoms with E-state index in [0.717, 1.165) is 22.9 Å². The number of ether oxygens (including phenoxy) is 1. The Hall–Kier alpha value is -2.88. The van der Waals surface area contributed by atoms with Crippen molar-refractivity contribution in [3.63, 3.8) is 0 Å². The summed E-state index contributed by atoms with van der Waals surface area (Å²) in [7, 11) is 1.44. The molecular formula is C17H19F3N4O3. The molecule has 1 atom stereocenters. The fourth-order valence-electron chi connectivity index (χ4n) is 2.63. The van der Waals surface area contributed by atoms with Crippen LogP contribution in [0.1, 0.15) is 40.0 Å². The van der Waals surface area contributed by atoms with Crippen molar-refractivity contribution in [1.29, 1.82) is 0 Å². The molecule has 0 saturated heterocycles. The third-order valence-corrected chi connectivity index (χ3v) is 4.04. The molecular weight excluding hydrogens is 365 g/mol. The quantitative estimate of drug-likeness (QED) is 0.737. The fourth-order valence-corrected chi connectivity index (χ4v) is 2.63. The first-order valence-electron chi connectivity index (χ1n) is 7.93. The molecule has 146 valence electrons. The third kappa shape index (κ3) is 4.64. The van der Waals surface area contributed by atoms with Gasteiger partial charge < -0.3 is 16.2 Å². The van der Waals surface area contributed by atoms with Gasteiger partial charge in [-0.3, -0.25) is 9.59 Å². The van der Waals surface area contributed by atoms with Gasteiger partial charge in [-0.2, -0.15) is 18.3 Å². The number of carbonyl (C=O) groups is 1. The van der Waals surface area contributed by atoms with Gasteiger partial charge in [-0.25, -0.2) is 4.68 Å². The van der Waals surface area contributed by atoms with Crippen LogP contribution in [0.15, 0.2) is 29.1 Å². The number of amides is 1. The summed E-state index contributed by atoms with van der Waals surface area (Å²) in [5.41, 5.74) is 9.51. The molecule has 0 radical (unpaired) electrons. The van der Waals surface area contributed by atoms with Crippen molar-refractivity contribution in [2.24, 2.45) is 5.73 Å². The van der Waals surface area contributed by atoms with E-state index in [1.165, 1.54) is 20.1 Å². The standard InChI is InChI=1S/C17H19F3N4O3/c1-9(10-5-11(17(18,19)20)7-12(21)6-10)13-8-14(25)24(3-4-27-2)23-15(13)16(22)26/h5-9H,3-4,21H2,1-2H3,(H2,22,26). The predicted octanol–water partition coefficient (Wildman–Crippen LogP) is 1.74. The van der Waals surface area contributed by atoms with Gasteiger partial charge in [-0.1, -0.05) is 6.92 Å². The molecule has 0 bridgehead atoms. The number of aromatic nitrogens is 2. The fraction of sp³-hybridized carbons (Fsp3) is 0.353. The van der Waals surface area contributed by atoms with Crippen molar-refractivity contribution >= 4 is 11.6 Å². The summed E-state index contributed by atoms with van der Waals surface area (Å²) >= 11 is 0. The topological polar surface area (TPSA) is 113 Å². The van der Waals surface area contributed by atoms with Crippen molar-refractivity contribution in [2.75, 3.05) is 19.5 Å². The molecule has 0 fully saturated rings. The number of hydrogen-bond donors (Lipinski definition) is 2. The smallest absolute Gasteiger partial charge is 0.399 e. The lowest BCUT2D eigenvalue weighted by Gasteiger charge is -2.18. The van der Waals surface area contributed by atoms with Crippen LogP contribution in [0.4, 0.5) is 18.9 Å². The number of nitrogens with zero attached hydrogens (tertiary/aromatic N) is 2. The molecule has 1 amide bonds. The Morgan fingerprint density at radius 3 is 2.52 bits per heavy atom. The number of halogens is 3. The first-order chi connectivity index (χ1) is 12.5. The van der Waals surface area contributed by atoms with Crippen LogP contribution in [0.5, 0.6) is 0 Å². The van der Waals surface area contributed by atoms with Crippen LogP contribution in [0.3, 0.4) is 0 Å². The SMILES string of the molecule is COCCn1nc(C(N)=O)c(C(C)c2cc(N)cc(C(F)(F)F)c2)cc1=O. The molecule has 1 unspecified atom stereocenters. The molecule has 2 rings (SSSR count). The van der Waals surface area contributed by atoms with E-state index in [1.54, 1.807) is 0 Å². The Morgan fingerprint density at radius 2 is 1.96 bits per heavy atom. The minimum Gasteiger partial charge on any atom is -0.399 e. The van der Waals surface area contributed by atoms with Crippen LogP contribution in [0.25, 0.3) is 0 Å². The number of benzene rings is 1. The molecule has 0 aliphatic carbocycles. The lowest BCUT2D eigenvalue weighted by atomic mass is 9.90. The van der Waals surface area contributed by atoms with E-state index < -0.39 is 29.1 Å². The molecule has 4 N–H and O–H groups in total. The number of alkyl halides is 3. The average molecular weight is 384 g/mol. The monoisotopic (exact) mass is 384 g/mol. The number of nitrogens with two attached hydrogens (primary N) is 2. The Balaban J connectivity index is 2.57.